The van der Waals surface area contributed by atoms with E-state index in [1.54, 1.807) is 6.20 Å². The minimum atomic E-state index is -0.160. The van der Waals surface area contributed by atoms with Crippen LogP contribution in [0.2, 0.25) is 0 Å². The van der Waals surface area contributed by atoms with Crippen LogP contribution in [0.25, 0.3) is 0 Å². The number of ether oxygens (including phenoxy) is 1. The first-order valence-electron chi connectivity index (χ1n) is 4.17. The van der Waals surface area contributed by atoms with Gasteiger partial charge in [0, 0.05) is 11.8 Å². The van der Waals surface area contributed by atoms with Crippen molar-refractivity contribution in [3.63, 3.8) is 0 Å². The second-order valence-electron chi connectivity index (χ2n) is 2.85. The summed E-state index contributed by atoms with van der Waals surface area (Å²) in [4.78, 5) is 0. The smallest absolute Gasteiger partial charge is 0.195 e. The lowest BCUT2D eigenvalue weighted by atomic mass is 10.2. The SMILES string of the molecule is OCC1=CN[C@@H]1Oc1ccccc1. The fourth-order valence-electron chi connectivity index (χ4n) is 1.14. The maximum Gasteiger partial charge on any atom is 0.195 e. The second kappa shape index (κ2) is 3.49. The molecule has 2 rings (SSSR count). The van der Waals surface area contributed by atoms with Gasteiger partial charge in [0.2, 0.25) is 0 Å². The molecule has 1 atom stereocenters. The molecular formula is C10H11NO2. The molecule has 0 saturated carbocycles. The molecule has 1 aliphatic heterocycles. The summed E-state index contributed by atoms with van der Waals surface area (Å²) in [6, 6.07) is 9.53. The molecular weight excluding hydrogens is 166 g/mol. The Kier molecular flexibility index (Phi) is 2.19. The first-order valence-corrected chi connectivity index (χ1v) is 4.17. The van der Waals surface area contributed by atoms with Gasteiger partial charge in [-0.1, -0.05) is 18.2 Å². The van der Waals surface area contributed by atoms with Gasteiger partial charge in [-0.2, -0.15) is 0 Å². The molecule has 68 valence electrons. The first-order chi connectivity index (χ1) is 6.40. The summed E-state index contributed by atoms with van der Waals surface area (Å²) in [5, 5.41) is 11.8. The van der Waals surface area contributed by atoms with E-state index < -0.39 is 0 Å². The summed E-state index contributed by atoms with van der Waals surface area (Å²) in [5.74, 6) is 0.805. The van der Waals surface area contributed by atoms with E-state index in [1.165, 1.54) is 0 Å². The van der Waals surface area contributed by atoms with Gasteiger partial charge < -0.3 is 15.2 Å². The standard InChI is InChI=1S/C10H11NO2/c12-7-8-6-11-10(8)13-9-4-2-1-3-5-9/h1-6,10-12H,7H2/t10-/m1/s1. The van der Waals surface area contributed by atoms with E-state index >= 15 is 0 Å². The van der Waals surface area contributed by atoms with E-state index in [0.29, 0.717) is 0 Å². The molecule has 0 spiro atoms. The summed E-state index contributed by atoms with van der Waals surface area (Å²) in [6.45, 7) is 0.0461. The molecule has 0 bridgehead atoms. The molecule has 1 aromatic rings. The van der Waals surface area contributed by atoms with Crippen molar-refractivity contribution in [2.75, 3.05) is 6.61 Å². The van der Waals surface area contributed by atoms with Gasteiger partial charge in [-0.25, -0.2) is 0 Å². The molecule has 1 aliphatic rings. The van der Waals surface area contributed by atoms with Crippen LogP contribution >= 0.6 is 0 Å². The van der Waals surface area contributed by atoms with Gasteiger partial charge in [0.1, 0.15) is 5.75 Å². The third-order valence-electron chi connectivity index (χ3n) is 1.94. The molecule has 2 N–H and O–H groups in total. The normalized spacial score (nSPS) is 19.8. The number of hydrogen-bond acceptors (Lipinski definition) is 3. The summed E-state index contributed by atoms with van der Waals surface area (Å²) in [5.41, 5.74) is 0.879. The Labute approximate surface area is 76.7 Å². The predicted octanol–water partition coefficient (Wildman–Crippen LogP) is 0.871. The maximum absolute atomic E-state index is 8.85. The van der Waals surface area contributed by atoms with E-state index in [2.05, 4.69) is 5.32 Å². The lowest BCUT2D eigenvalue weighted by Crippen LogP contribution is -2.42. The summed E-state index contributed by atoms with van der Waals surface area (Å²) in [6.07, 6.45) is 1.60. The summed E-state index contributed by atoms with van der Waals surface area (Å²) in [7, 11) is 0. The Hall–Kier alpha value is -1.48. The highest BCUT2D eigenvalue weighted by Gasteiger charge is 2.21. The topological polar surface area (TPSA) is 41.5 Å². The maximum atomic E-state index is 8.85. The highest BCUT2D eigenvalue weighted by atomic mass is 16.5. The van der Waals surface area contributed by atoms with Gasteiger partial charge >= 0.3 is 0 Å². The fraction of sp³-hybridized carbons (Fsp3) is 0.200. The fourth-order valence-corrected chi connectivity index (χ4v) is 1.14. The van der Waals surface area contributed by atoms with Gasteiger partial charge in [0.25, 0.3) is 0 Å². The average molecular weight is 177 g/mol. The largest absolute Gasteiger partial charge is 0.467 e. The Bertz CT molecular complexity index is 308. The van der Waals surface area contributed by atoms with E-state index in [0.717, 1.165) is 11.3 Å². The molecule has 0 fully saturated rings. The van der Waals surface area contributed by atoms with E-state index in [1.807, 2.05) is 30.3 Å². The van der Waals surface area contributed by atoms with Gasteiger partial charge in [-0.05, 0) is 12.1 Å². The lowest BCUT2D eigenvalue weighted by Gasteiger charge is -2.28. The van der Waals surface area contributed by atoms with Crippen LogP contribution in [0.1, 0.15) is 0 Å². The molecule has 0 amide bonds. The first kappa shape index (κ1) is 8.13. The van der Waals surface area contributed by atoms with E-state index in [9.17, 15) is 0 Å². The highest BCUT2D eigenvalue weighted by Crippen LogP contribution is 2.17. The summed E-state index contributed by atoms with van der Waals surface area (Å²) >= 11 is 0. The lowest BCUT2D eigenvalue weighted by molar-refractivity contribution is 0.167. The van der Waals surface area contributed by atoms with Crippen molar-refractivity contribution >= 4 is 0 Å². The highest BCUT2D eigenvalue weighted by molar-refractivity contribution is 5.25. The number of aliphatic hydroxyl groups excluding tert-OH is 1. The van der Waals surface area contributed by atoms with Gasteiger partial charge in [0.15, 0.2) is 6.23 Å². The minimum absolute atomic E-state index is 0.0461. The number of nitrogens with one attached hydrogen (secondary N) is 1. The van der Waals surface area contributed by atoms with Crippen LogP contribution in [0, 0.1) is 0 Å². The zero-order chi connectivity index (χ0) is 9.10. The van der Waals surface area contributed by atoms with Crippen LogP contribution in [0.4, 0.5) is 0 Å². The van der Waals surface area contributed by atoms with Crippen LogP contribution in [0.3, 0.4) is 0 Å². The number of rotatable bonds is 3. The molecule has 0 radical (unpaired) electrons. The van der Waals surface area contributed by atoms with Gasteiger partial charge in [-0.3, -0.25) is 0 Å². The number of benzene rings is 1. The van der Waals surface area contributed by atoms with Crippen LogP contribution < -0.4 is 10.1 Å². The number of para-hydroxylation sites is 1. The number of aliphatic hydroxyl groups is 1. The van der Waals surface area contributed by atoms with Crippen molar-refractivity contribution in [1.82, 2.24) is 5.32 Å². The van der Waals surface area contributed by atoms with Crippen molar-refractivity contribution in [2.24, 2.45) is 0 Å². The van der Waals surface area contributed by atoms with Gasteiger partial charge in [-0.15, -0.1) is 0 Å². The molecule has 1 heterocycles. The minimum Gasteiger partial charge on any atom is -0.467 e. The molecule has 3 heteroatoms. The Balaban J connectivity index is 1.97. The van der Waals surface area contributed by atoms with Crippen molar-refractivity contribution in [3.8, 4) is 5.75 Å². The Morgan fingerprint density at radius 2 is 2.08 bits per heavy atom. The van der Waals surface area contributed by atoms with Crippen LogP contribution in [0.15, 0.2) is 42.1 Å². The van der Waals surface area contributed by atoms with Crippen LogP contribution in [0.5, 0.6) is 5.75 Å². The molecule has 0 aliphatic carbocycles. The average Bonchev–Trinajstić information content (AvgIpc) is 2.15. The van der Waals surface area contributed by atoms with E-state index in [-0.39, 0.29) is 12.8 Å². The van der Waals surface area contributed by atoms with Crippen molar-refractivity contribution in [1.29, 1.82) is 0 Å². The Morgan fingerprint density at radius 1 is 1.31 bits per heavy atom. The van der Waals surface area contributed by atoms with Crippen molar-refractivity contribution in [3.05, 3.63) is 42.1 Å². The zero-order valence-electron chi connectivity index (χ0n) is 7.10. The Morgan fingerprint density at radius 3 is 2.62 bits per heavy atom. The van der Waals surface area contributed by atoms with Crippen molar-refractivity contribution in [2.45, 2.75) is 6.23 Å². The molecule has 0 saturated heterocycles. The third-order valence-corrected chi connectivity index (χ3v) is 1.94. The molecule has 1 aromatic carbocycles. The zero-order valence-corrected chi connectivity index (χ0v) is 7.10. The number of hydrogen-bond donors (Lipinski definition) is 2. The molecule has 13 heavy (non-hydrogen) atoms. The summed E-state index contributed by atoms with van der Waals surface area (Å²) < 4.78 is 5.51. The predicted molar refractivity (Wildman–Crippen MR) is 49.2 cm³/mol. The van der Waals surface area contributed by atoms with Crippen LogP contribution in [-0.4, -0.2) is 17.9 Å². The third kappa shape index (κ3) is 1.65. The van der Waals surface area contributed by atoms with Crippen LogP contribution in [-0.2, 0) is 0 Å². The molecule has 3 nitrogen and oxygen atoms in total. The monoisotopic (exact) mass is 177 g/mol. The quantitative estimate of drug-likeness (QED) is 0.719. The van der Waals surface area contributed by atoms with E-state index in [4.69, 9.17) is 9.84 Å². The second-order valence-corrected chi connectivity index (χ2v) is 2.85. The molecule has 0 aromatic heterocycles. The molecule has 0 unspecified atom stereocenters. The van der Waals surface area contributed by atoms with Crippen molar-refractivity contribution < 1.29 is 9.84 Å². The van der Waals surface area contributed by atoms with Gasteiger partial charge in [0.05, 0.1) is 6.61 Å².